The third kappa shape index (κ3) is 2.04. The molecule has 62 valence electrons. The van der Waals surface area contributed by atoms with Crippen LogP contribution in [0.4, 0.5) is 0 Å². The first-order valence-electron chi connectivity index (χ1n) is 2.70. The normalized spacial score (nSPS) is 15.2. The molecule has 6 heteroatoms. The van der Waals surface area contributed by atoms with Crippen LogP contribution >= 0.6 is 7.60 Å². The largest absolute Gasteiger partial charge is 0.379 e. The van der Waals surface area contributed by atoms with Gasteiger partial charge in [0.25, 0.3) is 0 Å². The van der Waals surface area contributed by atoms with Crippen LogP contribution in [0.1, 0.15) is 0 Å². The highest BCUT2D eigenvalue weighted by Gasteiger charge is 2.30. The molecule has 0 saturated heterocycles. The van der Waals surface area contributed by atoms with Crippen molar-refractivity contribution < 1.29 is 18.7 Å². The van der Waals surface area contributed by atoms with E-state index in [0.717, 1.165) is 0 Å². The zero-order chi connectivity index (χ0) is 8.20. The minimum atomic E-state index is -3.34. The first-order valence-corrected chi connectivity index (χ1v) is 4.31. The smallest absolute Gasteiger partial charge is 0.359 e. The van der Waals surface area contributed by atoms with Gasteiger partial charge in [0.05, 0.1) is 0 Å². The van der Waals surface area contributed by atoms with Gasteiger partial charge in [0.1, 0.15) is 0 Å². The third-order valence-electron chi connectivity index (χ3n) is 1.08. The molecule has 0 aliphatic carbocycles. The fourth-order valence-electron chi connectivity index (χ4n) is 0.447. The zero-order valence-electron chi connectivity index (χ0n) is 5.98. The van der Waals surface area contributed by atoms with Crippen molar-refractivity contribution in [2.24, 2.45) is 5.73 Å². The maximum Gasteiger partial charge on any atom is 0.359 e. The highest BCUT2D eigenvalue weighted by atomic mass is 31.2. The van der Waals surface area contributed by atoms with Gasteiger partial charge in [-0.3, -0.25) is 4.57 Å². The maximum absolute atomic E-state index is 11.1. The summed E-state index contributed by atoms with van der Waals surface area (Å²) < 4.78 is 20.0. The van der Waals surface area contributed by atoms with Crippen molar-refractivity contribution in [3.63, 3.8) is 0 Å². The molecule has 0 spiro atoms. The Morgan fingerprint density at radius 2 is 2.00 bits per heavy atom. The highest BCUT2D eigenvalue weighted by molar-refractivity contribution is 7.54. The van der Waals surface area contributed by atoms with E-state index in [4.69, 9.17) is 10.8 Å². The van der Waals surface area contributed by atoms with Gasteiger partial charge >= 0.3 is 7.60 Å². The molecule has 1 unspecified atom stereocenters. The first kappa shape index (κ1) is 10.1. The summed E-state index contributed by atoms with van der Waals surface area (Å²) in [5.74, 6) is -1.23. The Hall–Kier alpha value is 0.0700. The van der Waals surface area contributed by atoms with E-state index in [-0.39, 0.29) is 6.54 Å². The van der Waals surface area contributed by atoms with Crippen molar-refractivity contribution >= 4 is 7.60 Å². The van der Waals surface area contributed by atoms with Gasteiger partial charge in [-0.15, -0.1) is 0 Å². The zero-order valence-corrected chi connectivity index (χ0v) is 6.88. The number of rotatable bonds is 4. The van der Waals surface area contributed by atoms with Gasteiger partial charge in [0.2, 0.25) is 0 Å². The van der Waals surface area contributed by atoms with E-state index in [1.54, 1.807) is 0 Å². The summed E-state index contributed by atoms with van der Waals surface area (Å²) in [6.45, 7) is -0.140. The molecule has 0 saturated carbocycles. The molecule has 0 aliphatic rings. The number of aliphatic hydroxyl groups is 1. The third-order valence-corrected chi connectivity index (χ3v) is 3.04. The van der Waals surface area contributed by atoms with Crippen LogP contribution in [0, 0.1) is 0 Å². The molecule has 0 amide bonds. The van der Waals surface area contributed by atoms with Crippen molar-refractivity contribution in [1.29, 1.82) is 0 Å². The van der Waals surface area contributed by atoms with E-state index in [1.165, 1.54) is 14.2 Å². The van der Waals surface area contributed by atoms with E-state index in [1.807, 2.05) is 0 Å². The van der Waals surface area contributed by atoms with Gasteiger partial charge in [-0.1, -0.05) is 0 Å². The summed E-state index contributed by atoms with van der Waals surface area (Å²) in [5.41, 5.74) is 5.03. The lowest BCUT2D eigenvalue weighted by molar-refractivity contribution is 0.179. The maximum atomic E-state index is 11.1. The fourth-order valence-corrected chi connectivity index (χ4v) is 1.34. The van der Waals surface area contributed by atoms with Crippen molar-refractivity contribution in [3.8, 4) is 0 Å². The van der Waals surface area contributed by atoms with Gasteiger partial charge < -0.3 is 19.9 Å². The Kier molecular flexibility index (Phi) is 4.08. The molecule has 0 aromatic heterocycles. The Morgan fingerprint density at radius 3 is 2.10 bits per heavy atom. The van der Waals surface area contributed by atoms with Crippen LogP contribution in [0.2, 0.25) is 0 Å². The summed E-state index contributed by atoms with van der Waals surface area (Å²) in [6.07, 6.45) is 0. The van der Waals surface area contributed by atoms with Gasteiger partial charge in [-0.2, -0.15) is 0 Å². The Labute approximate surface area is 59.7 Å². The second-order valence-electron chi connectivity index (χ2n) is 1.62. The quantitative estimate of drug-likeness (QED) is 0.567. The average Bonchev–Trinajstić information content (AvgIpc) is 2.01. The highest BCUT2D eigenvalue weighted by Crippen LogP contribution is 2.49. The van der Waals surface area contributed by atoms with Crippen molar-refractivity contribution in [1.82, 2.24) is 0 Å². The van der Waals surface area contributed by atoms with Crippen LogP contribution in [0.15, 0.2) is 0 Å². The van der Waals surface area contributed by atoms with Gasteiger partial charge in [-0.05, 0) is 0 Å². The van der Waals surface area contributed by atoms with Crippen LogP contribution in [0.3, 0.4) is 0 Å². The number of aliphatic hydroxyl groups excluding tert-OH is 1. The summed E-state index contributed by atoms with van der Waals surface area (Å²) in [5, 5.41) is 8.94. The molecule has 5 nitrogen and oxygen atoms in total. The number of nitrogens with two attached hydrogens (primary N) is 1. The van der Waals surface area contributed by atoms with Crippen LogP contribution in [-0.2, 0) is 13.6 Å². The molecule has 0 aromatic carbocycles. The predicted molar refractivity (Wildman–Crippen MR) is 36.7 cm³/mol. The summed E-state index contributed by atoms with van der Waals surface area (Å²) in [4.78, 5) is 0. The van der Waals surface area contributed by atoms with E-state index < -0.39 is 13.4 Å². The molecule has 1 atom stereocenters. The monoisotopic (exact) mass is 169 g/mol. The van der Waals surface area contributed by atoms with Crippen molar-refractivity contribution in [2.75, 3.05) is 20.8 Å². The van der Waals surface area contributed by atoms with Crippen molar-refractivity contribution in [3.05, 3.63) is 0 Å². The minimum Gasteiger partial charge on any atom is -0.379 e. The fraction of sp³-hybridized carbons (Fsp3) is 1.00. The summed E-state index contributed by atoms with van der Waals surface area (Å²) in [6, 6.07) is 0. The summed E-state index contributed by atoms with van der Waals surface area (Å²) >= 11 is 0. The van der Waals surface area contributed by atoms with E-state index in [2.05, 4.69) is 9.05 Å². The molecular formula is C4H12NO4P. The van der Waals surface area contributed by atoms with Gasteiger partial charge in [-0.25, -0.2) is 0 Å². The molecule has 0 aliphatic heterocycles. The molecule has 10 heavy (non-hydrogen) atoms. The molecule has 0 heterocycles. The lowest BCUT2D eigenvalue weighted by Gasteiger charge is -2.17. The predicted octanol–water partition coefficient (Wildman–Crippen LogP) is -0.251. The summed E-state index contributed by atoms with van der Waals surface area (Å²) in [7, 11) is -0.946. The minimum absolute atomic E-state index is 0.140. The molecule has 0 rings (SSSR count). The molecular weight excluding hydrogens is 157 g/mol. The van der Waals surface area contributed by atoms with Crippen LogP contribution < -0.4 is 5.73 Å². The first-order chi connectivity index (χ1) is 4.60. The topological polar surface area (TPSA) is 81.8 Å². The Bertz CT molecular complexity index is 131. The van der Waals surface area contributed by atoms with Crippen molar-refractivity contribution in [2.45, 2.75) is 5.85 Å². The van der Waals surface area contributed by atoms with Gasteiger partial charge in [0, 0.05) is 20.8 Å². The van der Waals surface area contributed by atoms with Crippen LogP contribution in [0.5, 0.6) is 0 Å². The molecule has 0 fully saturated rings. The van der Waals surface area contributed by atoms with Crippen LogP contribution in [0.25, 0.3) is 0 Å². The Morgan fingerprint density at radius 1 is 1.60 bits per heavy atom. The average molecular weight is 169 g/mol. The van der Waals surface area contributed by atoms with E-state index in [0.29, 0.717) is 0 Å². The van der Waals surface area contributed by atoms with Gasteiger partial charge in [0.15, 0.2) is 5.85 Å². The molecule has 0 radical (unpaired) electrons. The lowest BCUT2D eigenvalue weighted by Crippen LogP contribution is -2.21. The van der Waals surface area contributed by atoms with E-state index in [9.17, 15) is 4.57 Å². The molecule has 0 bridgehead atoms. The molecule has 3 N–H and O–H groups in total. The number of hydrogen-bond donors (Lipinski definition) is 2. The molecule has 0 aromatic rings. The number of hydrogen-bond acceptors (Lipinski definition) is 5. The lowest BCUT2D eigenvalue weighted by atomic mass is 10.7. The standard InChI is InChI=1S/C4H12NO4P/c1-8-10(7,9-2)4(6)3-5/h4,6H,3,5H2,1-2H3. The Balaban J connectivity index is 4.18. The second kappa shape index (κ2) is 4.05. The van der Waals surface area contributed by atoms with Crippen LogP contribution in [-0.4, -0.2) is 31.7 Å². The second-order valence-corrected chi connectivity index (χ2v) is 4.03. The SMILES string of the molecule is COP(=O)(OC)C(O)CN. The van der Waals surface area contributed by atoms with E-state index >= 15 is 0 Å².